The maximum atomic E-state index is 11.4. The van der Waals surface area contributed by atoms with Gasteiger partial charge in [0.05, 0.1) is 0 Å². The number of hydrogen-bond acceptors (Lipinski definition) is 2. The van der Waals surface area contributed by atoms with E-state index in [1.54, 1.807) is 0 Å². The third-order valence-corrected chi connectivity index (χ3v) is 6.40. The van der Waals surface area contributed by atoms with Gasteiger partial charge in [0.15, 0.2) is 0 Å². The van der Waals surface area contributed by atoms with Gasteiger partial charge in [-0.05, 0) is 55.9 Å². The second kappa shape index (κ2) is 10.6. The van der Waals surface area contributed by atoms with Gasteiger partial charge in [0.2, 0.25) is 0 Å². The van der Waals surface area contributed by atoms with E-state index in [2.05, 4.69) is 89.2 Å². The summed E-state index contributed by atoms with van der Waals surface area (Å²) in [6.45, 7) is 11.0. The molecule has 2 nitrogen and oxygen atoms in total. The zero-order valence-electron chi connectivity index (χ0n) is 20.2. The second-order valence-electron chi connectivity index (χ2n) is 9.56. The fourth-order valence-corrected chi connectivity index (χ4v) is 4.41. The molecular weight excluding hydrogens is 390 g/mol. The van der Waals surface area contributed by atoms with E-state index in [0.29, 0.717) is 5.75 Å². The summed E-state index contributed by atoms with van der Waals surface area (Å²) >= 11 is 0. The summed E-state index contributed by atoms with van der Waals surface area (Å²) in [7, 11) is 0. The first kappa shape index (κ1) is 23.8. The molecular formula is C30H37NO. The monoisotopic (exact) mass is 427 g/mol. The molecule has 1 atom stereocenters. The summed E-state index contributed by atoms with van der Waals surface area (Å²) in [4.78, 5) is 4.78. The standard InChI is InChI=1S/C30H37NO/c1-22(2)13-12-14-24(4)31-21-25-19-23(3)20-28(29(25)32)30(5,26-15-8-6-9-16-26)27-17-10-7-11-18-27/h6-11,15-22,24,32H,12-14H2,1-5H3. The highest BCUT2D eigenvalue weighted by atomic mass is 16.3. The minimum absolute atomic E-state index is 0.242. The Morgan fingerprint density at radius 2 is 1.44 bits per heavy atom. The van der Waals surface area contributed by atoms with Crippen LogP contribution in [0.3, 0.4) is 0 Å². The van der Waals surface area contributed by atoms with Crippen molar-refractivity contribution in [1.29, 1.82) is 0 Å². The molecule has 0 heterocycles. The molecule has 1 unspecified atom stereocenters. The minimum atomic E-state index is -0.482. The van der Waals surface area contributed by atoms with Crippen molar-refractivity contribution in [2.24, 2.45) is 10.9 Å². The molecule has 0 aliphatic carbocycles. The van der Waals surface area contributed by atoms with Gasteiger partial charge in [0.1, 0.15) is 5.75 Å². The van der Waals surface area contributed by atoms with Crippen molar-refractivity contribution < 1.29 is 5.11 Å². The van der Waals surface area contributed by atoms with E-state index in [-0.39, 0.29) is 6.04 Å². The summed E-state index contributed by atoms with van der Waals surface area (Å²) in [6.07, 6.45) is 5.34. The molecule has 0 aromatic heterocycles. The van der Waals surface area contributed by atoms with Crippen LogP contribution in [0.1, 0.15) is 74.8 Å². The van der Waals surface area contributed by atoms with Crippen LogP contribution in [-0.4, -0.2) is 17.4 Å². The summed E-state index contributed by atoms with van der Waals surface area (Å²) in [5, 5.41) is 11.4. The number of phenols is 1. The highest BCUT2D eigenvalue weighted by Crippen LogP contribution is 2.44. The molecule has 0 saturated heterocycles. The van der Waals surface area contributed by atoms with E-state index >= 15 is 0 Å². The van der Waals surface area contributed by atoms with Gasteiger partial charge in [-0.25, -0.2) is 0 Å². The maximum absolute atomic E-state index is 11.4. The first-order valence-corrected chi connectivity index (χ1v) is 11.8. The summed E-state index contributed by atoms with van der Waals surface area (Å²) in [5.74, 6) is 1.03. The van der Waals surface area contributed by atoms with E-state index in [9.17, 15) is 5.11 Å². The average Bonchev–Trinajstić information content (AvgIpc) is 2.79. The van der Waals surface area contributed by atoms with E-state index in [0.717, 1.165) is 40.2 Å². The van der Waals surface area contributed by atoms with Crippen LogP contribution in [0.5, 0.6) is 5.75 Å². The first-order chi connectivity index (χ1) is 15.3. The average molecular weight is 428 g/mol. The highest BCUT2D eigenvalue weighted by molar-refractivity contribution is 5.85. The topological polar surface area (TPSA) is 32.6 Å². The molecule has 0 aliphatic heterocycles. The summed E-state index contributed by atoms with van der Waals surface area (Å²) in [6, 6.07) is 25.2. The van der Waals surface area contributed by atoms with Crippen molar-refractivity contribution in [2.45, 2.75) is 65.3 Å². The van der Waals surface area contributed by atoms with Crippen molar-refractivity contribution in [2.75, 3.05) is 0 Å². The molecule has 0 saturated carbocycles. The lowest BCUT2D eigenvalue weighted by molar-refractivity contribution is 0.456. The maximum Gasteiger partial charge on any atom is 0.128 e. The van der Waals surface area contributed by atoms with Crippen molar-refractivity contribution in [3.05, 3.63) is 101 Å². The van der Waals surface area contributed by atoms with Crippen molar-refractivity contribution >= 4 is 6.21 Å². The summed E-state index contributed by atoms with van der Waals surface area (Å²) in [5.41, 5.74) is 4.63. The Bertz CT molecular complexity index is 982. The molecule has 3 aromatic rings. The van der Waals surface area contributed by atoms with Crippen LogP contribution in [0, 0.1) is 12.8 Å². The zero-order chi connectivity index (χ0) is 23.1. The van der Waals surface area contributed by atoms with E-state index < -0.39 is 5.41 Å². The third-order valence-electron chi connectivity index (χ3n) is 6.40. The molecule has 0 radical (unpaired) electrons. The van der Waals surface area contributed by atoms with Crippen LogP contribution in [-0.2, 0) is 5.41 Å². The Labute approximate surface area is 194 Å². The number of nitrogens with zero attached hydrogens (tertiary/aromatic N) is 1. The van der Waals surface area contributed by atoms with Crippen LogP contribution < -0.4 is 0 Å². The Morgan fingerprint density at radius 1 is 0.875 bits per heavy atom. The normalized spacial score (nSPS) is 13.1. The molecule has 1 N–H and O–H groups in total. The second-order valence-corrected chi connectivity index (χ2v) is 9.56. The van der Waals surface area contributed by atoms with E-state index in [1.165, 1.54) is 12.8 Å². The van der Waals surface area contributed by atoms with Crippen molar-refractivity contribution in [3.63, 3.8) is 0 Å². The predicted molar refractivity (Wildman–Crippen MR) is 137 cm³/mol. The Balaban J connectivity index is 2.03. The third kappa shape index (κ3) is 5.48. The van der Waals surface area contributed by atoms with Crippen LogP contribution >= 0.6 is 0 Å². The van der Waals surface area contributed by atoms with Gasteiger partial charge in [-0.15, -0.1) is 0 Å². The number of benzene rings is 3. The smallest absolute Gasteiger partial charge is 0.128 e. The van der Waals surface area contributed by atoms with Gasteiger partial charge < -0.3 is 5.11 Å². The van der Waals surface area contributed by atoms with Crippen LogP contribution in [0.15, 0.2) is 77.8 Å². The molecule has 0 amide bonds. The molecule has 3 aromatic carbocycles. The summed E-state index contributed by atoms with van der Waals surface area (Å²) < 4.78 is 0. The molecule has 32 heavy (non-hydrogen) atoms. The zero-order valence-corrected chi connectivity index (χ0v) is 20.2. The number of aryl methyl sites for hydroxylation is 1. The molecule has 3 rings (SSSR count). The quantitative estimate of drug-likeness (QED) is 0.275. The minimum Gasteiger partial charge on any atom is -0.507 e. The Hall–Kier alpha value is -2.87. The van der Waals surface area contributed by atoms with Crippen LogP contribution in [0.2, 0.25) is 0 Å². The number of phenolic OH excluding ortho intramolecular Hbond substituents is 1. The lowest BCUT2D eigenvalue weighted by atomic mass is 9.70. The van der Waals surface area contributed by atoms with Gasteiger partial charge in [0, 0.05) is 28.8 Å². The van der Waals surface area contributed by atoms with Crippen molar-refractivity contribution in [1.82, 2.24) is 0 Å². The number of aliphatic imine (C=N–C) groups is 1. The number of hydrogen-bond donors (Lipinski definition) is 1. The first-order valence-electron chi connectivity index (χ1n) is 11.8. The van der Waals surface area contributed by atoms with Crippen molar-refractivity contribution in [3.8, 4) is 5.75 Å². The lowest BCUT2D eigenvalue weighted by Gasteiger charge is -2.33. The molecule has 0 spiro atoms. The van der Waals surface area contributed by atoms with Gasteiger partial charge in [-0.3, -0.25) is 4.99 Å². The Morgan fingerprint density at radius 3 is 1.97 bits per heavy atom. The molecule has 0 fully saturated rings. The van der Waals surface area contributed by atoms with Gasteiger partial charge >= 0.3 is 0 Å². The number of rotatable bonds is 9. The fourth-order valence-electron chi connectivity index (χ4n) is 4.41. The van der Waals surface area contributed by atoms with Crippen LogP contribution in [0.25, 0.3) is 0 Å². The Kier molecular flexibility index (Phi) is 7.90. The highest BCUT2D eigenvalue weighted by Gasteiger charge is 2.34. The predicted octanol–water partition coefficient (Wildman–Crippen LogP) is 7.69. The van der Waals surface area contributed by atoms with Crippen LogP contribution in [0.4, 0.5) is 0 Å². The lowest BCUT2D eigenvalue weighted by Crippen LogP contribution is -2.26. The van der Waals surface area contributed by atoms with E-state index in [4.69, 9.17) is 4.99 Å². The molecule has 0 aliphatic rings. The molecule has 0 bridgehead atoms. The van der Waals surface area contributed by atoms with Gasteiger partial charge in [0.25, 0.3) is 0 Å². The van der Waals surface area contributed by atoms with Gasteiger partial charge in [-0.2, -0.15) is 0 Å². The molecule has 2 heteroatoms. The SMILES string of the molecule is Cc1cc(C=NC(C)CCCC(C)C)c(O)c(C(C)(c2ccccc2)c2ccccc2)c1. The van der Waals surface area contributed by atoms with Gasteiger partial charge in [-0.1, -0.05) is 93.4 Å². The molecule has 168 valence electrons. The largest absolute Gasteiger partial charge is 0.507 e. The number of aromatic hydroxyl groups is 1. The fraction of sp³-hybridized carbons (Fsp3) is 0.367. The van der Waals surface area contributed by atoms with E-state index in [1.807, 2.05) is 24.4 Å².